The van der Waals surface area contributed by atoms with Gasteiger partial charge in [0.2, 0.25) is 0 Å². The first-order chi connectivity index (χ1) is 8.38. The van der Waals surface area contributed by atoms with E-state index >= 15 is 0 Å². The molecule has 0 aliphatic carbocycles. The molecule has 18 heavy (non-hydrogen) atoms. The van der Waals surface area contributed by atoms with Gasteiger partial charge in [0.05, 0.1) is 6.54 Å². The first-order valence-corrected chi connectivity index (χ1v) is 5.85. The molecule has 0 aliphatic rings. The number of benzene rings is 1. The van der Waals surface area contributed by atoms with Crippen LogP contribution in [0.1, 0.15) is 34.0 Å². The van der Waals surface area contributed by atoms with E-state index in [4.69, 9.17) is 4.74 Å². The van der Waals surface area contributed by atoms with Gasteiger partial charge in [-0.2, -0.15) is 0 Å². The minimum atomic E-state index is -0.352. The standard InChI is InChI=1S/C14H19NO3/c1-8-6-12(13(17)7-15-5)9(2)10(3)14(8)18-11(4)16/h6,15H,7H2,1-5H3. The maximum Gasteiger partial charge on any atom is 0.308 e. The molecule has 1 N–H and O–H groups in total. The number of carbonyl (C=O) groups is 2. The van der Waals surface area contributed by atoms with Crippen LogP contribution in [-0.4, -0.2) is 25.3 Å². The third-order valence-electron chi connectivity index (χ3n) is 2.91. The average molecular weight is 249 g/mol. The SMILES string of the molecule is CNCC(=O)c1cc(C)c(OC(C)=O)c(C)c1C. The van der Waals surface area contributed by atoms with Crippen LogP contribution in [0, 0.1) is 20.8 Å². The molecule has 1 aromatic rings. The van der Waals surface area contributed by atoms with E-state index in [-0.39, 0.29) is 11.8 Å². The third-order valence-corrected chi connectivity index (χ3v) is 2.91. The van der Waals surface area contributed by atoms with Crippen molar-refractivity contribution in [3.63, 3.8) is 0 Å². The Morgan fingerprint density at radius 3 is 2.33 bits per heavy atom. The highest BCUT2D eigenvalue weighted by atomic mass is 16.5. The van der Waals surface area contributed by atoms with E-state index in [1.807, 2.05) is 20.8 Å². The van der Waals surface area contributed by atoms with E-state index in [2.05, 4.69) is 5.32 Å². The number of likely N-dealkylation sites (N-methyl/N-ethyl adjacent to an activating group) is 1. The lowest BCUT2D eigenvalue weighted by atomic mass is 9.96. The summed E-state index contributed by atoms with van der Waals surface area (Å²) in [5.74, 6) is 0.242. The molecule has 4 nitrogen and oxygen atoms in total. The van der Waals surface area contributed by atoms with Crippen molar-refractivity contribution in [1.29, 1.82) is 0 Å². The molecule has 0 radical (unpaired) electrons. The minimum absolute atomic E-state index is 0.0376. The Bertz CT molecular complexity index is 492. The van der Waals surface area contributed by atoms with Gasteiger partial charge >= 0.3 is 5.97 Å². The Labute approximate surface area is 107 Å². The zero-order valence-electron chi connectivity index (χ0n) is 11.5. The predicted octanol–water partition coefficient (Wildman–Crippen LogP) is 1.94. The summed E-state index contributed by atoms with van der Waals surface area (Å²) in [7, 11) is 1.74. The topological polar surface area (TPSA) is 55.4 Å². The fourth-order valence-electron chi connectivity index (χ4n) is 1.90. The molecule has 0 unspecified atom stereocenters. The Kier molecular flexibility index (Phi) is 4.62. The van der Waals surface area contributed by atoms with Gasteiger partial charge in [0.25, 0.3) is 0 Å². The van der Waals surface area contributed by atoms with Gasteiger partial charge in [-0.05, 0) is 50.6 Å². The second kappa shape index (κ2) is 5.78. The Morgan fingerprint density at radius 2 is 1.83 bits per heavy atom. The van der Waals surface area contributed by atoms with Crippen LogP contribution in [0.2, 0.25) is 0 Å². The fourth-order valence-corrected chi connectivity index (χ4v) is 1.90. The molecular formula is C14H19NO3. The smallest absolute Gasteiger partial charge is 0.308 e. The summed E-state index contributed by atoms with van der Waals surface area (Å²) in [6, 6.07) is 1.78. The van der Waals surface area contributed by atoms with Gasteiger partial charge in [-0.25, -0.2) is 0 Å². The number of hydrogen-bond acceptors (Lipinski definition) is 4. The third kappa shape index (κ3) is 2.96. The summed E-state index contributed by atoms with van der Waals surface area (Å²) < 4.78 is 5.19. The number of hydrogen-bond donors (Lipinski definition) is 1. The van der Waals surface area contributed by atoms with E-state index in [1.54, 1.807) is 13.1 Å². The van der Waals surface area contributed by atoms with E-state index in [0.29, 0.717) is 17.9 Å². The van der Waals surface area contributed by atoms with Gasteiger partial charge in [0.1, 0.15) is 5.75 Å². The quantitative estimate of drug-likeness (QED) is 0.503. The molecule has 1 rings (SSSR count). The van der Waals surface area contributed by atoms with Crippen molar-refractivity contribution in [2.45, 2.75) is 27.7 Å². The summed E-state index contributed by atoms with van der Waals surface area (Å²) >= 11 is 0. The molecular weight excluding hydrogens is 230 g/mol. The molecule has 0 heterocycles. The average Bonchev–Trinajstić information content (AvgIpc) is 2.29. The molecule has 4 heteroatoms. The summed E-state index contributed by atoms with van der Waals surface area (Å²) in [5.41, 5.74) is 3.17. The van der Waals surface area contributed by atoms with Gasteiger partial charge in [-0.15, -0.1) is 0 Å². The van der Waals surface area contributed by atoms with Crippen molar-refractivity contribution in [2.75, 3.05) is 13.6 Å². The zero-order valence-corrected chi connectivity index (χ0v) is 11.5. The highest BCUT2D eigenvalue weighted by molar-refractivity contribution is 5.99. The van der Waals surface area contributed by atoms with Crippen LogP contribution in [0.15, 0.2) is 6.07 Å². The molecule has 0 atom stereocenters. The van der Waals surface area contributed by atoms with Crippen molar-refractivity contribution in [1.82, 2.24) is 5.32 Å². The first kappa shape index (κ1) is 14.4. The molecule has 0 aliphatic heterocycles. The highest BCUT2D eigenvalue weighted by Gasteiger charge is 2.16. The van der Waals surface area contributed by atoms with E-state index in [0.717, 1.165) is 16.7 Å². The number of Topliss-reactive ketones (excluding diaryl/α,β-unsaturated/α-hetero) is 1. The Balaban J connectivity index is 3.28. The minimum Gasteiger partial charge on any atom is -0.426 e. The van der Waals surface area contributed by atoms with Gasteiger partial charge in [0.15, 0.2) is 5.78 Å². The van der Waals surface area contributed by atoms with Gasteiger partial charge in [-0.1, -0.05) is 0 Å². The molecule has 0 aromatic heterocycles. The molecule has 0 bridgehead atoms. The lowest BCUT2D eigenvalue weighted by Crippen LogP contribution is -2.20. The number of aryl methyl sites for hydroxylation is 1. The van der Waals surface area contributed by atoms with E-state index in [9.17, 15) is 9.59 Å². The van der Waals surface area contributed by atoms with Crippen molar-refractivity contribution < 1.29 is 14.3 Å². The van der Waals surface area contributed by atoms with Crippen molar-refractivity contribution >= 4 is 11.8 Å². The van der Waals surface area contributed by atoms with Crippen LogP contribution in [-0.2, 0) is 4.79 Å². The summed E-state index contributed by atoms with van der Waals surface area (Å²) in [5, 5.41) is 2.84. The number of esters is 1. The summed E-state index contributed by atoms with van der Waals surface area (Å²) in [4.78, 5) is 23.0. The first-order valence-electron chi connectivity index (χ1n) is 5.85. The maximum absolute atomic E-state index is 11.9. The largest absolute Gasteiger partial charge is 0.426 e. The van der Waals surface area contributed by atoms with Crippen LogP contribution in [0.25, 0.3) is 0 Å². The van der Waals surface area contributed by atoms with Gasteiger partial charge in [-0.3, -0.25) is 9.59 Å². The molecule has 98 valence electrons. The van der Waals surface area contributed by atoms with Crippen molar-refractivity contribution in [3.05, 3.63) is 28.3 Å². The van der Waals surface area contributed by atoms with Crippen LogP contribution in [0.3, 0.4) is 0 Å². The predicted molar refractivity (Wildman–Crippen MR) is 70.2 cm³/mol. The molecule has 0 saturated carbocycles. The van der Waals surface area contributed by atoms with Crippen LogP contribution < -0.4 is 10.1 Å². The van der Waals surface area contributed by atoms with Gasteiger partial charge in [0, 0.05) is 12.5 Å². The summed E-state index contributed by atoms with van der Waals surface area (Å²) in [6.07, 6.45) is 0. The number of rotatable bonds is 4. The molecule has 0 spiro atoms. The Hall–Kier alpha value is -1.68. The molecule has 1 aromatic carbocycles. The lowest BCUT2D eigenvalue weighted by molar-refractivity contribution is -0.131. The second-order valence-electron chi connectivity index (χ2n) is 4.37. The van der Waals surface area contributed by atoms with Crippen LogP contribution >= 0.6 is 0 Å². The van der Waals surface area contributed by atoms with Crippen LogP contribution in [0.5, 0.6) is 5.75 Å². The lowest BCUT2D eigenvalue weighted by Gasteiger charge is -2.15. The fraction of sp³-hybridized carbons (Fsp3) is 0.429. The molecule has 0 saturated heterocycles. The van der Waals surface area contributed by atoms with Crippen molar-refractivity contribution in [2.24, 2.45) is 0 Å². The number of ketones is 1. The van der Waals surface area contributed by atoms with E-state index < -0.39 is 0 Å². The Morgan fingerprint density at radius 1 is 1.22 bits per heavy atom. The molecule has 0 fully saturated rings. The maximum atomic E-state index is 11.9. The van der Waals surface area contributed by atoms with Gasteiger partial charge < -0.3 is 10.1 Å². The zero-order chi connectivity index (χ0) is 13.9. The second-order valence-corrected chi connectivity index (χ2v) is 4.37. The van der Waals surface area contributed by atoms with E-state index in [1.165, 1.54) is 6.92 Å². The van der Waals surface area contributed by atoms with Crippen LogP contribution in [0.4, 0.5) is 0 Å². The molecule has 0 amide bonds. The summed E-state index contributed by atoms with van der Waals surface area (Å²) in [6.45, 7) is 7.23. The monoisotopic (exact) mass is 249 g/mol. The number of nitrogens with one attached hydrogen (secondary N) is 1. The number of ether oxygens (including phenoxy) is 1. The highest BCUT2D eigenvalue weighted by Crippen LogP contribution is 2.29. The normalized spacial score (nSPS) is 10.3. The van der Waals surface area contributed by atoms with Crippen molar-refractivity contribution in [3.8, 4) is 5.75 Å². The number of carbonyl (C=O) groups excluding carboxylic acids is 2.